The van der Waals surface area contributed by atoms with Crippen LogP contribution >= 0.6 is 0 Å². The van der Waals surface area contributed by atoms with Crippen molar-refractivity contribution < 1.29 is 19.0 Å². The molecule has 1 aliphatic heterocycles. The van der Waals surface area contributed by atoms with Crippen LogP contribution in [0.5, 0.6) is 0 Å². The molecule has 1 aromatic carbocycles. The van der Waals surface area contributed by atoms with Crippen molar-refractivity contribution in [3.63, 3.8) is 0 Å². The molecule has 2 aromatic heterocycles. The Bertz CT molecular complexity index is 939. The van der Waals surface area contributed by atoms with Crippen LogP contribution in [0.4, 0.5) is 10.3 Å². The molecule has 0 unspecified atom stereocenters. The fourth-order valence-electron chi connectivity index (χ4n) is 2.93. The molecule has 0 spiro atoms. The molecule has 0 bridgehead atoms. The van der Waals surface area contributed by atoms with Crippen molar-refractivity contribution in [2.24, 2.45) is 5.92 Å². The van der Waals surface area contributed by atoms with E-state index in [0.29, 0.717) is 42.1 Å². The monoisotopic (exact) mass is 385 g/mol. The lowest BCUT2D eigenvalue weighted by Crippen LogP contribution is -2.29. The largest absolute Gasteiger partial charge is 0.396 e. The molecule has 8 nitrogen and oxygen atoms in total. The maximum Gasteiger partial charge on any atom is 0.222 e. The third kappa shape index (κ3) is 3.72. The Morgan fingerprint density at radius 3 is 2.61 bits per heavy atom. The first kappa shape index (κ1) is 18.5. The number of hydrogen-bond donors (Lipinski definition) is 3. The van der Waals surface area contributed by atoms with Crippen LogP contribution in [0.3, 0.4) is 0 Å². The molecule has 0 amide bonds. The second-order valence-corrected chi connectivity index (χ2v) is 6.42. The Morgan fingerprint density at radius 2 is 1.93 bits per heavy atom. The van der Waals surface area contributed by atoms with Gasteiger partial charge < -0.3 is 24.9 Å². The maximum atomic E-state index is 13.4. The summed E-state index contributed by atoms with van der Waals surface area (Å²) >= 11 is 0. The predicted octanol–water partition coefficient (Wildman–Crippen LogP) is 2.37. The van der Waals surface area contributed by atoms with E-state index in [0.717, 1.165) is 5.56 Å². The molecule has 0 radical (unpaired) electrons. The molecule has 1 aliphatic rings. The predicted molar refractivity (Wildman–Crippen MR) is 99.8 cm³/mol. The molecule has 1 fully saturated rings. The molecule has 28 heavy (non-hydrogen) atoms. The second kappa shape index (κ2) is 8.01. The van der Waals surface area contributed by atoms with Crippen LogP contribution in [0.1, 0.15) is 12.1 Å². The van der Waals surface area contributed by atoms with Crippen molar-refractivity contribution in [3.05, 3.63) is 48.2 Å². The third-order valence-electron chi connectivity index (χ3n) is 4.42. The lowest BCUT2D eigenvalue weighted by Gasteiger charge is -2.26. The Labute approximate surface area is 160 Å². The van der Waals surface area contributed by atoms with Gasteiger partial charge in [-0.15, -0.1) is 0 Å². The third-order valence-corrected chi connectivity index (χ3v) is 4.42. The topological polar surface area (TPSA) is 105 Å². The number of aliphatic hydroxyl groups is 1. The number of halogens is 1. The molecule has 0 atom stereocenters. The number of aromatic nitrogens is 4. The van der Waals surface area contributed by atoms with Crippen LogP contribution in [-0.4, -0.2) is 51.9 Å². The number of imidazole rings is 1. The zero-order valence-corrected chi connectivity index (χ0v) is 15.2. The van der Waals surface area contributed by atoms with Gasteiger partial charge in [0.15, 0.2) is 5.82 Å². The zero-order valence-electron chi connectivity index (χ0n) is 15.2. The van der Waals surface area contributed by atoms with Gasteiger partial charge >= 0.3 is 0 Å². The van der Waals surface area contributed by atoms with Gasteiger partial charge in [-0.3, -0.25) is 0 Å². The minimum absolute atomic E-state index is 0.00465. The molecular formula is C19H20FN5O3. The van der Waals surface area contributed by atoms with Gasteiger partial charge in [-0.1, -0.05) is 0 Å². The average Bonchev–Trinajstić information content (AvgIpc) is 3.20. The van der Waals surface area contributed by atoms with E-state index in [1.54, 1.807) is 31.4 Å². The standard InChI is InChI=1S/C19H20FN5O3/c1-21-19-22-7-6-14(23-19)16-15(12-2-4-13(20)5-3-12)24-17(25-16)18-27-9-11(8-26)10-28-18/h2-7,11,18,26H,8-10H2,1H3,(H,24,25)(H,21,22,23). The highest BCUT2D eigenvalue weighted by Crippen LogP contribution is 2.33. The number of aliphatic hydroxyl groups excluding tert-OH is 1. The summed E-state index contributed by atoms with van der Waals surface area (Å²) in [6.45, 7) is 0.756. The van der Waals surface area contributed by atoms with Crippen LogP contribution < -0.4 is 5.32 Å². The first-order chi connectivity index (χ1) is 13.7. The molecule has 4 rings (SSSR count). The zero-order chi connectivity index (χ0) is 19.5. The van der Waals surface area contributed by atoms with Crippen LogP contribution in [0.2, 0.25) is 0 Å². The lowest BCUT2D eigenvalue weighted by molar-refractivity contribution is -0.213. The number of aromatic amines is 1. The molecule has 3 N–H and O–H groups in total. The number of ether oxygens (including phenoxy) is 2. The molecule has 3 heterocycles. The molecular weight excluding hydrogens is 365 g/mol. The van der Waals surface area contributed by atoms with Gasteiger partial charge in [0, 0.05) is 24.7 Å². The number of rotatable bonds is 5. The van der Waals surface area contributed by atoms with E-state index >= 15 is 0 Å². The minimum atomic E-state index is -0.679. The van der Waals surface area contributed by atoms with E-state index in [1.807, 2.05) is 0 Å². The highest BCUT2D eigenvalue weighted by atomic mass is 19.1. The normalized spacial score (nSPS) is 19.5. The van der Waals surface area contributed by atoms with Gasteiger partial charge in [-0.05, 0) is 30.3 Å². The number of nitrogens with one attached hydrogen (secondary N) is 2. The molecule has 3 aromatic rings. The summed E-state index contributed by atoms with van der Waals surface area (Å²) in [7, 11) is 1.74. The van der Waals surface area contributed by atoms with Crippen molar-refractivity contribution >= 4 is 5.95 Å². The van der Waals surface area contributed by atoms with Crippen molar-refractivity contribution in [2.75, 3.05) is 32.2 Å². The van der Waals surface area contributed by atoms with E-state index in [2.05, 4.69) is 25.3 Å². The summed E-state index contributed by atoms with van der Waals surface area (Å²) < 4.78 is 24.8. The molecule has 9 heteroatoms. The SMILES string of the molecule is CNc1nccc(-c2[nH]c(C3OCC(CO)CO3)nc2-c2ccc(F)cc2)n1. The van der Waals surface area contributed by atoms with Gasteiger partial charge in [0.25, 0.3) is 0 Å². The van der Waals surface area contributed by atoms with Crippen molar-refractivity contribution in [3.8, 4) is 22.6 Å². The summed E-state index contributed by atoms with van der Waals surface area (Å²) in [4.78, 5) is 16.5. The van der Waals surface area contributed by atoms with Crippen molar-refractivity contribution in [2.45, 2.75) is 6.29 Å². The highest BCUT2D eigenvalue weighted by Gasteiger charge is 2.27. The van der Waals surface area contributed by atoms with E-state index in [-0.39, 0.29) is 18.3 Å². The second-order valence-electron chi connectivity index (χ2n) is 6.42. The lowest BCUT2D eigenvalue weighted by atomic mass is 10.1. The maximum absolute atomic E-state index is 13.4. The number of H-pyrrole nitrogens is 1. The first-order valence-corrected chi connectivity index (χ1v) is 8.89. The fraction of sp³-hybridized carbons (Fsp3) is 0.316. The molecule has 0 saturated carbocycles. The first-order valence-electron chi connectivity index (χ1n) is 8.89. The molecule has 0 aliphatic carbocycles. The highest BCUT2D eigenvalue weighted by molar-refractivity contribution is 5.77. The van der Waals surface area contributed by atoms with Gasteiger partial charge in [0.1, 0.15) is 5.82 Å². The summed E-state index contributed by atoms with van der Waals surface area (Å²) in [5, 5.41) is 12.1. The van der Waals surface area contributed by atoms with Crippen molar-refractivity contribution in [1.82, 2.24) is 19.9 Å². The van der Waals surface area contributed by atoms with Gasteiger partial charge in [-0.25, -0.2) is 19.3 Å². The summed E-state index contributed by atoms with van der Waals surface area (Å²) in [5.74, 6) is 0.571. The van der Waals surface area contributed by atoms with E-state index in [1.165, 1.54) is 12.1 Å². The van der Waals surface area contributed by atoms with Crippen LogP contribution in [-0.2, 0) is 9.47 Å². The van der Waals surface area contributed by atoms with Gasteiger partial charge in [-0.2, -0.15) is 0 Å². The quantitative estimate of drug-likeness (QED) is 0.619. The number of hydrogen-bond acceptors (Lipinski definition) is 7. The van der Waals surface area contributed by atoms with E-state index in [4.69, 9.17) is 9.47 Å². The number of benzene rings is 1. The summed E-state index contributed by atoms with van der Waals surface area (Å²) in [6.07, 6.45) is 0.962. The number of nitrogens with zero attached hydrogens (tertiary/aromatic N) is 3. The Hall–Kier alpha value is -2.88. The van der Waals surface area contributed by atoms with Crippen LogP contribution in [0.15, 0.2) is 36.5 Å². The van der Waals surface area contributed by atoms with Crippen LogP contribution in [0, 0.1) is 11.7 Å². The Kier molecular flexibility index (Phi) is 5.29. The smallest absolute Gasteiger partial charge is 0.222 e. The Morgan fingerprint density at radius 1 is 1.18 bits per heavy atom. The average molecular weight is 385 g/mol. The van der Waals surface area contributed by atoms with E-state index in [9.17, 15) is 9.50 Å². The van der Waals surface area contributed by atoms with Gasteiger partial charge in [0.05, 0.1) is 36.9 Å². The van der Waals surface area contributed by atoms with Gasteiger partial charge in [0.2, 0.25) is 12.2 Å². The molecule has 146 valence electrons. The summed E-state index contributed by atoms with van der Waals surface area (Å²) in [5.41, 5.74) is 2.61. The molecule has 1 saturated heterocycles. The van der Waals surface area contributed by atoms with Crippen molar-refractivity contribution in [1.29, 1.82) is 0 Å². The number of anilines is 1. The van der Waals surface area contributed by atoms with Crippen LogP contribution in [0.25, 0.3) is 22.6 Å². The Balaban J connectivity index is 1.74. The fourth-order valence-corrected chi connectivity index (χ4v) is 2.93. The van der Waals surface area contributed by atoms with E-state index < -0.39 is 6.29 Å². The summed E-state index contributed by atoms with van der Waals surface area (Å²) in [6, 6.07) is 7.83. The minimum Gasteiger partial charge on any atom is -0.396 e.